The van der Waals surface area contributed by atoms with Gasteiger partial charge in [-0.2, -0.15) is 4.37 Å². The lowest BCUT2D eigenvalue weighted by atomic mass is 9.87. The van der Waals surface area contributed by atoms with Crippen LogP contribution in [0.15, 0.2) is 24.1 Å². The fourth-order valence-electron chi connectivity index (χ4n) is 4.05. The second kappa shape index (κ2) is 11.9. The minimum Gasteiger partial charge on any atom is -0.476 e. The number of likely N-dealkylation sites (tertiary alicyclic amines) is 1. The highest BCUT2D eigenvalue weighted by Gasteiger charge is 2.34. The minimum atomic E-state index is -1.83. The summed E-state index contributed by atoms with van der Waals surface area (Å²) in [7, 11) is 1.64. The lowest BCUT2D eigenvalue weighted by molar-refractivity contribution is 0.0696. The Balaban J connectivity index is 1.51. The summed E-state index contributed by atoms with van der Waals surface area (Å²) in [5, 5.41) is 12.5. The Hall–Kier alpha value is -2.57. The molecular formula is C23H33F2N5O4S. The molecule has 0 spiro atoms. The highest BCUT2D eigenvalue weighted by atomic mass is 32.1. The number of hydrogen-bond donors (Lipinski definition) is 3. The summed E-state index contributed by atoms with van der Waals surface area (Å²) < 4.78 is 37.7. The van der Waals surface area contributed by atoms with Crippen molar-refractivity contribution in [3.8, 4) is 5.88 Å². The van der Waals surface area contributed by atoms with Crippen LogP contribution < -0.4 is 15.8 Å². The number of urea groups is 1. The number of nitrogens with zero attached hydrogens (tertiary/aromatic N) is 3. The number of primary amides is 1. The van der Waals surface area contributed by atoms with Crippen molar-refractivity contribution in [2.45, 2.75) is 44.4 Å². The number of carbonyl (C=O) groups is 2. The molecule has 3 amide bonds. The van der Waals surface area contributed by atoms with Crippen LogP contribution in [0.1, 0.15) is 43.0 Å². The monoisotopic (exact) mass is 513 g/mol. The van der Waals surface area contributed by atoms with Gasteiger partial charge in [-0.15, -0.1) is 0 Å². The highest BCUT2D eigenvalue weighted by molar-refractivity contribution is 7.11. The molecule has 1 aromatic heterocycles. The normalized spacial score (nSPS) is 24.7. The molecule has 4 N–H and O–H groups in total. The van der Waals surface area contributed by atoms with Crippen LogP contribution in [0, 0.1) is 5.92 Å². The zero-order chi connectivity index (χ0) is 25.6. The van der Waals surface area contributed by atoms with Crippen molar-refractivity contribution in [3.05, 3.63) is 29.6 Å². The van der Waals surface area contributed by atoms with E-state index in [0.29, 0.717) is 13.1 Å². The zero-order valence-electron chi connectivity index (χ0n) is 20.0. The first kappa shape index (κ1) is 27.0. The molecule has 9 nitrogen and oxygen atoms in total. The van der Waals surface area contributed by atoms with Crippen LogP contribution in [0.4, 0.5) is 18.6 Å². The second-order valence-corrected chi connectivity index (χ2v) is 9.94. The SMILES string of the molecule is CN(CCCCN1CCCC(O)C1)C(=O)Nc1snc(OCC2C=C(F)C=CC2(C)F)c1C(N)=O. The lowest BCUT2D eigenvalue weighted by Gasteiger charge is -2.30. The number of β-amino-alcohol motifs (C(OH)–C–C–N with tert-alkyl or cyclic N) is 1. The Morgan fingerprint density at radius 2 is 2.23 bits per heavy atom. The molecule has 3 rings (SSSR count). The van der Waals surface area contributed by atoms with Crippen molar-refractivity contribution in [1.82, 2.24) is 14.2 Å². The van der Waals surface area contributed by atoms with Crippen molar-refractivity contribution in [2.24, 2.45) is 11.7 Å². The number of aromatic nitrogens is 1. The first-order valence-electron chi connectivity index (χ1n) is 11.7. The molecule has 0 aromatic carbocycles. The maximum atomic E-state index is 14.6. The average molecular weight is 514 g/mol. The number of piperidine rings is 1. The van der Waals surface area contributed by atoms with E-state index >= 15 is 0 Å². The van der Waals surface area contributed by atoms with Crippen LogP contribution in [0.25, 0.3) is 0 Å². The number of nitrogens with two attached hydrogens (primary N) is 1. The number of ether oxygens (including phenoxy) is 1. The van der Waals surface area contributed by atoms with Crippen LogP contribution in [0.3, 0.4) is 0 Å². The van der Waals surface area contributed by atoms with E-state index in [2.05, 4.69) is 14.6 Å². The number of aliphatic hydroxyl groups excluding tert-OH is 1. The van der Waals surface area contributed by atoms with E-state index in [9.17, 15) is 23.5 Å². The standard InChI is InChI=1S/C23H33F2N5O4S/c1-23(25)8-7-16(24)12-15(23)14-34-20-18(19(26)32)21(35-28-20)27-22(33)29(2)9-3-4-10-30-11-5-6-17(31)13-30/h7-8,12,15,17,31H,3-6,9-11,13-14H2,1-2H3,(H2,26,32)(H,27,33). The molecule has 1 saturated heterocycles. The van der Waals surface area contributed by atoms with Gasteiger partial charge in [0.05, 0.1) is 18.6 Å². The van der Waals surface area contributed by atoms with Gasteiger partial charge in [-0.25, -0.2) is 13.6 Å². The Kier molecular flexibility index (Phi) is 9.20. The van der Waals surface area contributed by atoms with Crippen molar-refractivity contribution >= 4 is 28.5 Å². The van der Waals surface area contributed by atoms with Crippen molar-refractivity contribution in [2.75, 3.05) is 45.2 Å². The van der Waals surface area contributed by atoms with Gasteiger partial charge < -0.3 is 25.4 Å². The van der Waals surface area contributed by atoms with Gasteiger partial charge in [0.25, 0.3) is 5.91 Å². The summed E-state index contributed by atoms with van der Waals surface area (Å²) >= 11 is 0.823. The van der Waals surface area contributed by atoms with Crippen molar-refractivity contribution in [3.63, 3.8) is 0 Å². The fourth-order valence-corrected chi connectivity index (χ4v) is 4.78. The third-order valence-corrected chi connectivity index (χ3v) is 6.97. The van der Waals surface area contributed by atoms with Crippen LogP contribution in [0.5, 0.6) is 5.88 Å². The molecule has 0 bridgehead atoms. The van der Waals surface area contributed by atoms with Gasteiger partial charge in [-0.1, -0.05) is 0 Å². The summed E-state index contributed by atoms with van der Waals surface area (Å²) in [5.41, 5.74) is 3.54. The summed E-state index contributed by atoms with van der Waals surface area (Å²) in [6, 6.07) is -0.435. The number of amides is 3. The summed E-state index contributed by atoms with van der Waals surface area (Å²) in [4.78, 5) is 28.4. The van der Waals surface area contributed by atoms with Gasteiger partial charge in [0.15, 0.2) is 0 Å². The Morgan fingerprint density at radius 1 is 1.46 bits per heavy atom. The van der Waals surface area contributed by atoms with Gasteiger partial charge in [0.2, 0.25) is 5.88 Å². The fraction of sp³-hybridized carbons (Fsp3) is 0.609. The smallest absolute Gasteiger partial charge is 0.322 e. The number of halogens is 2. The van der Waals surface area contributed by atoms with Gasteiger partial charge in [0, 0.05) is 20.1 Å². The second-order valence-electron chi connectivity index (χ2n) is 9.17. The number of nitrogens with one attached hydrogen (secondary N) is 1. The van der Waals surface area contributed by atoms with Crippen molar-refractivity contribution in [1.29, 1.82) is 0 Å². The van der Waals surface area contributed by atoms with E-state index < -0.39 is 29.4 Å². The van der Waals surface area contributed by atoms with E-state index in [1.54, 1.807) is 7.05 Å². The largest absolute Gasteiger partial charge is 0.476 e. The summed E-state index contributed by atoms with van der Waals surface area (Å²) in [6.45, 7) is 4.06. The molecule has 35 heavy (non-hydrogen) atoms. The van der Waals surface area contributed by atoms with E-state index in [0.717, 1.165) is 68.5 Å². The Morgan fingerprint density at radius 3 is 2.94 bits per heavy atom. The first-order chi connectivity index (χ1) is 16.6. The number of rotatable bonds is 10. The first-order valence-corrected chi connectivity index (χ1v) is 12.4. The number of allylic oxidation sites excluding steroid dienone is 3. The van der Waals surface area contributed by atoms with Gasteiger partial charge >= 0.3 is 6.03 Å². The van der Waals surface area contributed by atoms with Gasteiger partial charge in [0.1, 0.15) is 22.1 Å². The Labute approximate surface area is 207 Å². The third-order valence-electron chi connectivity index (χ3n) is 6.23. The molecular weight excluding hydrogens is 480 g/mol. The summed E-state index contributed by atoms with van der Waals surface area (Å²) in [6.07, 6.45) is 6.52. The Bertz CT molecular complexity index is 968. The van der Waals surface area contributed by atoms with Crippen molar-refractivity contribution < 1.29 is 28.2 Å². The predicted octanol–water partition coefficient (Wildman–Crippen LogP) is 3.09. The molecule has 2 aliphatic rings. The van der Waals surface area contributed by atoms with E-state index in [1.807, 2.05) is 0 Å². The number of anilines is 1. The number of hydrogen-bond acceptors (Lipinski definition) is 7. The number of alkyl halides is 1. The van der Waals surface area contributed by atoms with Crippen LogP contribution in [-0.4, -0.2) is 82.8 Å². The molecule has 1 aromatic rings. The maximum absolute atomic E-state index is 14.6. The van der Waals surface area contributed by atoms with Gasteiger partial charge in [-0.3, -0.25) is 10.1 Å². The molecule has 0 radical (unpaired) electrons. The number of aliphatic hydroxyl groups is 1. The highest BCUT2D eigenvalue weighted by Crippen LogP contribution is 2.34. The molecule has 3 unspecified atom stereocenters. The molecule has 2 heterocycles. The molecule has 1 aliphatic carbocycles. The molecule has 1 fully saturated rings. The molecule has 1 aliphatic heterocycles. The molecule has 0 saturated carbocycles. The van der Waals surface area contributed by atoms with E-state index in [1.165, 1.54) is 11.8 Å². The molecule has 12 heteroatoms. The quantitative estimate of drug-likeness (QED) is 0.414. The number of carbonyl (C=O) groups excluding carboxylic acids is 2. The summed E-state index contributed by atoms with van der Waals surface area (Å²) in [5.74, 6) is -2.49. The van der Waals surface area contributed by atoms with Crippen LogP contribution in [-0.2, 0) is 0 Å². The maximum Gasteiger partial charge on any atom is 0.322 e. The third kappa shape index (κ3) is 7.45. The van der Waals surface area contributed by atoms with E-state index in [4.69, 9.17) is 10.5 Å². The number of unbranched alkanes of at least 4 members (excludes halogenated alkanes) is 1. The van der Waals surface area contributed by atoms with Gasteiger partial charge in [-0.05, 0) is 75.5 Å². The topological polar surface area (TPSA) is 121 Å². The van der Waals surface area contributed by atoms with E-state index in [-0.39, 0.29) is 29.2 Å². The molecule has 3 atom stereocenters. The zero-order valence-corrected chi connectivity index (χ0v) is 20.8. The average Bonchev–Trinajstić information content (AvgIpc) is 3.19. The van der Waals surface area contributed by atoms with Crippen LogP contribution >= 0.6 is 11.5 Å². The minimum absolute atomic E-state index is 0.114. The predicted molar refractivity (Wildman–Crippen MR) is 130 cm³/mol. The molecule has 194 valence electrons. The lowest BCUT2D eigenvalue weighted by Crippen LogP contribution is -2.39. The van der Waals surface area contributed by atoms with Crippen LogP contribution in [0.2, 0.25) is 0 Å².